The minimum atomic E-state index is -0.622. The molecule has 4 aromatic rings. The molecule has 0 fully saturated rings. The number of nitrogens with one attached hydrogen (secondary N) is 2. The third-order valence-electron chi connectivity index (χ3n) is 6.48. The summed E-state index contributed by atoms with van der Waals surface area (Å²) in [4.78, 5) is 39.5. The van der Waals surface area contributed by atoms with Crippen molar-refractivity contribution in [3.8, 4) is 0 Å². The number of carbonyl (C=O) groups excluding carboxylic acids is 3. The Morgan fingerprint density at radius 2 is 1.58 bits per heavy atom. The normalized spacial score (nSPS) is 10.4. The largest absolute Gasteiger partial charge is 1.00 e. The highest BCUT2D eigenvalue weighted by Crippen LogP contribution is 2.23. The van der Waals surface area contributed by atoms with E-state index in [9.17, 15) is 14.4 Å². The number of nitrogens with zero attached hydrogens (tertiary/aromatic N) is 2. The van der Waals surface area contributed by atoms with Gasteiger partial charge in [-0.15, -0.1) is 0 Å². The van der Waals surface area contributed by atoms with Crippen LogP contribution in [0.5, 0.6) is 0 Å². The van der Waals surface area contributed by atoms with Crippen molar-refractivity contribution in [2.24, 2.45) is 0 Å². The van der Waals surface area contributed by atoms with Crippen LogP contribution >= 0.6 is 15.9 Å². The third kappa shape index (κ3) is 11.0. The SMILES string of the molecule is CCC[n+]1cc(Br)cc(C(=O)N(CCOC(=O)NCCOCCOC(=O)Nc2cccc3ccccc23)c2ccccc2)c1.[Cl-]. The number of aryl methyl sites for hydroxylation is 1. The third-order valence-corrected chi connectivity index (χ3v) is 6.91. The van der Waals surface area contributed by atoms with E-state index in [-0.39, 0.29) is 57.8 Å². The van der Waals surface area contributed by atoms with Gasteiger partial charge in [-0.1, -0.05) is 61.5 Å². The molecule has 0 saturated carbocycles. The predicted octanol–water partition coefficient (Wildman–Crippen LogP) is 2.94. The summed E-state index contributed by atoms with van der Waals surface area (Å²) < 4.78 is 18.7. The van der Waals surface area contributed by atoms with E-state index in [1.807, 2.05) is 89.8 Å². The molecule has 0 unspecified atom stereocenters. The van der Waals surface area contributed by atoms with Crippen LogP contribution in [0.25, 0.3) is 10.8 Å². The van der Waals surface area contributed by atoms with E-state index in [2.05, 4.69) is 33.5 Å². The van der Waals surface area contributed by atoms with E-state index in [1.54, 1.807) is 11.0 Å². The summed E-state index contributed by atoms with van der Waals surface area (Å²) in [5.41, 5.74) is 1.89. The molecule has 0 saturated heterocycles. The number of carbonyl (C=O) groups is 3. The molecule has 0 aliphatic carbocycles. The second-order valence-electron chi connectivity index (χ2n) is 9.74. The lowest BCUT2D eigenvalue weighted by Crippen LogP contribution is -3.00. The molecule has 0 bridgehead atoms. The van der Waals surface area contributed by atoms with Crippen molar-refractivity contribution in [3.63, 3.8) is 0 Å². The molecule has 1 heterocycles. The van der Waals surface area contributed by atoms with Gasteiger partial charge in [0.2, 0.25) is 0 Å². The van der Waals surface area contributed by atoms with E-state index in [1.165, 1.54) is 0 Å². The van der Waals surface area contributed by atoms with Crippen molar-refractivity contribution >= 4 is 56.2 Å². The molecule has 0 aliphatic rings. The number of pyridine rings is 1. The lowest BCUT2D eigenvalue weighted by molar-refractivity contribution is -0.697. The number of halogens is 2. The second-order valence-corrected chi connectivity index (χ2v) is 10.7. The van der Waals surface area contributed by atoms with E-state index >= 15 is 0 Å². The number of fused-ring (bicyclic) bond motifs is 1. The maximum Gasteiger partial charge on any atom is 0.411 e. The Labute approximate surface area is 277 Å². The number of benzene rings is 3. The van der Waals surface area contributed by atoms with Gasteiger partial charge in [0.25, 0.3) is 5.91 Å². The summed E-state index contributed by atoms with van der Waals surface area (Å²) in [5, 5.41) is 7.30. The number of para-hydroxylation sites is 1. The zero-order valence-electron chi connectivity index (χ0n) is 24.9. The van der Waals surface area contributed by atoms with Crippen LogP contribution in [0.4, 0.5) is 21.0 Å². The first-order valence-corrected chi connectivity index (χ1v) is 15.2. The van der Waals surface area contributed by atoms with Crippen molar-refractivity contribution in [1.82, 2.24) is 5.32 Å². The maximum atomic E-state index is 13.5. The van der Waals surface area contributed by atoms with E-state index < -0.39 is 12.2 Å². The molecule has 3 amide bonds. The molecule has 0 atom stereocenters. The molecular formula is C33H36BrClN4O6. The van der Waals surface area contributed by atoms with Crippen molar-refractivity contribution < 1.29 is 45.6 Å². The minimum Gasteiger partial charge on any atom is -1.00 e. The van der Waals surface area contributed by atoms with Gasteiger partial charge in [-0.05, 0) is 45.6 Å². The van der Waals surface area contributed by atoms with Crippen LogP contribution in [0.15, 0.2) is 95.7 Å². The average Bonchev–Trinajstić information content (AvgIpc) is 3.03. The Bertz CT molecular complexity index is 1550. The Hall–Kier alpha value is -4.19. The molecule has 0 aliphatic heterocycles. The summed E-state index contributed by atoms with van der Waals surface area (Å²) in [7, 11) is 0. The fraction of sp³-hybridized carbons (Fsp3) is 0.273. The first kappa shape index (κ1) is 35.3. The van der Waals surface area contributed by atoms with Gasteiger partial charge >= 0.3 is 12.2 Å². The van der Waals surface area contributed by atoms with E-state index in [0.717, 1.165) is 28.2 Å². The summed E-state index contributed by atoms with van der Waals surface area (Å²) in [5.74, 6) is -0.201. The smallest absolute Gasteiger partial charge is 0.411 e. The Morgan fingerprint density at radius 1 is 0.844 bits per heavy atom. The zero-order chi connectivity index (χ0) is 31.1. The van der Waals surface area contributed by atoms with Gasteiger partial charge in [-0.3, -0.25) is 10.1 Å². The number of aromatic nitrogens is 1. The van der Waals surface area contributed by atoms with Crippen molar-refractivity contribution in [3.05, 3.63) is 101 Å². The molecule has 238 valence electrons. The minimum absolute atomic E-state index is 0. The van der Waals surface area contributed by atoms with Crippen LogP contribution in [-0.2, 0) is 20.8 Å². The van der Waals surface area contributed by atoms with Crippen molar-refractivity contribution in [2.45, 2.75) is 19.9 Å². The highest BCUT2D eigenvalue weighted by atomic mass is 79.9. The van der Waals surface area contributed by atoms with Gasteiger partial charge in [-0.2, -0.15) is 0 Å². The fourth-order valence-corrected chi connectivity index (χ4v) is 5.00. The molecule has 45 heavy (non-hydrogen) atoms. The van der Waals surface area contributed by atoms with Gasteiger partial charge in [0.1, 0.15) is 25.3 Å². The quantitative estimate of drug-likeness (QED) is 0.155. The standard InChI is InChI=1S/C33H35BrN4O6.ClH/c1-2-16-37-23-26(22-27(34)24-37)31(39)38(28-11-4-3-5-12-28)17-19-43-32(40)35-15-18-42-20-21-44-33(41)36-30-14-8-10-25-9-6-7-13-29(25)30;/h3-14,22-24H,2,15-21H2,1H3,(H-,35,36,40,41);1H. The molecule has 3 aromatic carbocycles. The first-order chi connectivity index (χ1) is 21.4. The summed E-state index contributed by atoms with van der Waals surface area (Å²) in [6, 6.07) is 24.4. The van der Waals surface area contributed by atoms with E-state index in [0.29, 0.717) is 16.9 Å². The number of hydrogen-bond donors (Lipinski definition) is 2. The van der Waals surface area contributed by atoms with Crippen LogP contribution in [0.3, 0.4) is 0 Å². The van der Waals surface area contributed by atoms with Gasteiger partial charge in [0.05, 0.1) is 29.9 Å². The van der Waals surface area contributed by atoms with Crippen LogP contribution in [0.2, 0.25) is 0 Å². The van der Waals surface area contributed by atoms with Gasteiger partial charge < -0.3 is 36.8 Å². The van der Waals surface area contributed by atoms with Crippen LogP contribution in [-0.4, -0.2) is 57.6 Å². The van der Waals surface area contributed by atoms with Gasteiger partial charge in [0.15, 0.2) is 12.4 Å². The molecule has 0 radical (unpaired) electrons. The van der Waals surface area contributed by atoms with Crippen LogP contribution in [0, 0.1) is 0 Å². The number of alkyl carbamates (subject to hydrolysis) is 1. The van der Waals surface area contributed by atoms with E-state index in [4.69, 9.17) is 14.2 Å². The Balaban J connectivity index is 0.00000552. The average molecular weight is 700 g/mol. The number of ether oxygens (including phenoxy) is 3. The Morgan fingerprint density at radius 3 is 2.38 bits per heavy atom. The highest BCUT2D eigenvalue weighted by Gasteiger charge is 2.21. The number of rotatable bonds is 14. The molecule has 4 rings (SSSR count). The summed E-state index contributed by atoms with van der Waals surface area (Å²) in [6.07, 6.45) is 3.49. The topological polar surface area (TPSA) is 110 Å². The molecule has 12 heteroatoms. The highest BCUT2D eigenvalue weighted by molar-refractivity contribution is 9.10. The van der Waals surface area contributed by atoms with Crippen molar-refractivity contribution in [1.29, 1.82) is 0 Å². The molecule has 1 aromatic heterocycles. The Kier molecular flexibility index (Phi) is 14.6. The molecular weight excluding hydrogens is 664 g/mol. The van der Waals surface area contributed by atoms with Crippen LogP contribution < -0.4 is 32.5 Å². The number of anilines is 2. The molecule has 2 N–H and O–H groups in total. The number of hydrogen-bond acceptors (Lipinski definition) is 6. The number of amides is 3. The summed E-state index contributed by atoms with van der Waals surface area (Å²) in [6.45, 7) is 3.66. The lowest BCUT2D eigenvalue weighted by atomic mass is 10.1. The van der Waals surface area contributed by atoms with Gasteiger partial charge in [-0.25, -0.2) is 14.2 Å². The summed E-state index contributed by atoms with van der Waals surface area (Å²) >= 11 is 3.49. The molecule has 10 nitrogen and oxygen atoms in total. The van der Waals surface area contributed by atoms with Crippen molar-refractivity contribution in [2.75, 3.05) is 49.7 Å². The second kappa shape index (κ2) is 18.6. The lowest BCUT2D eigenvalue weighted by Gasteiger charge is -2.22. The molecule has 0 spiro atoms. The zero-order valence-corrected chi connectivity index (χ0v) is 27.3. The fourth-order valence-electron chi connectivity index (χ4n) is 4.50. The first-order valence-electron chi connectivity index (χ1n) is 14.4. The van der Waals surface area contributed by atoms with Gasteiger partial charge in [0, 0.05) is 24.0 Å². The van der Waals surface area contributed by atoms with Crippen LogP contribution in [0.1, 0.15) is 23.7 Å². The predicted molar refractivity (Wildman–Crippen MR) is 172 cm³/mol. The monoisotopic (exact) mass is 698 g/mol. The maximum absolute atomic E-state index is 13.5.